The van der Waals surface area contributed by atoms with Gasteiger partial charge in [-0.3, -0.25) is 0 Å². The number of aldehydes is 1. The molecule has 5 heteroatoms. The number of ether oxygens (including phenoxy) is 1. The van der Waals surface area contributed by atoms with Gasteiger partial charge in [0.25, 0.3) is 0 Å². The summed E-state index contributed by atoms with van der Waals surface area (Å²) in [6.45, 7) is 3.79. The molecule has 0 heterocycles. The Morgan fingerprint density at radius 3 is 2.54 bits per heavy atom. The van der Waals surface area contributed by atoms with Crippen LogP contribution in [0.1, 0.15) is 42.9 Å². The molecule has 2 aromatic rings. The molecule has 1 radical (unpaired) electrons. The summed E-state index contributed by atoms with van der Waals surface area (Å²) in [6.07, 6.45) is 1.81. The summed E-state index contributed by atoms with van der Waals surface area (Å²) in [7, 11) is 3.46. The summed E-state index contributed by atoms with van der Waals surface area (Å²) in [5.74, 6) is 0.797. The topological polar surface area (TPSA) is 46.5 Å². The second-order valence-electron chi connectivity index (χ2n) is 7.97. The van der Waals surface area contributed by atoms with Crippen molar-refractivity contribution in [2.45, 2.75) is 49.5 Å². The van der Waals surface area contributed by atoms with Crippen LogP contribution >= 0.6 is 11.6 Å². The zero-order chi connectivity index (χ0) is 19.6. The largest absolute Gasteiger partial charge is 0.665 e. The van der Waals surface area contributed by atoms with Crippen LogP contribution in [0.5, 0.6) is 5.75 Å². The molecule has 147 valence electrons. The number of hydrogen-bond acceptors (Lipinski definition) is 3. The van der Waals surface area contributed by atoms with Gasteiger partial charge in [-0.1, -0.05) is 36.4 Å². The number of alkyl halides is 1. The first-order valence-corrected chi connectivity index (χ1v) is 9.69. The molecule has 28 heavy (non-hydrogen) atoms. The number of hydrogen-bond donors (Lipinski definition) is 1. The van der Waals surface area contributed by atoms with Gasteiger partial charge in [0.05, 0.1) is 11.9 Å². The van der Waals surface area contributed by atoms with Crippen LogP contribution in [0.15, 0.2) is 48.5 Å². The third-order valence-corrected chi connectivity index (χ3v) is 6.18. The predicted molar refractivity (Wildman–Crippen MR) is 108 cm³/mol. The summed E-state index contributed by atoms with van der Waals surface area (Å²) >= 11 is 6.62. The van der Waals surface area contributed by atoms with E-state index in [0.29, 0.717) is 12.2 Å². The van der Waals surface area contributed by atoms with Crippen LogP contribution in [-0.4, -0.2) is 22.9 Å². The molecular formula is C23H26ClO3Y-. The van der Waals surface area contributed by atoms with Gasteiger partial charge in [0, 0.05) is 49.4 Å². The minimum atomic E-state index is -0.518. The van der Waals surface area contributed by atoms with Gasteiger partial charge in [-0.15, -0.1) is 11.6 Å². The average Bonchev–Trinajstić information content (AvgIpc) is 2.95. The first-order chi connectivity index (χ1) is 12.9. The third kappa shape index (κ3) is 5.05. The zero-order valence-electron chi connectivity index (χ0n) is 16.3. The third-order valence-electron chi connectivity index (χ3n) is 5.68. The van der Waals surface area contributed by atoms with Crippen molar-refractivity contribution in [3.8, 4) is 5.75 Å². The zero-order valence-corrected chi connectivity index (χ0v) is 19.9. The first-order valence-electron chi connectivity index (χ1n) is 9.25. The number of aliphatic hydroxyl groups excluding tert-OH is 1. The molecule has 1 N–H and O–H groups in total. The van der Waals surface area contributed by atoms with Crippen molar-refractivity contribution in [2.75, 3.05) is 0 Å². The number of halogens is 1. The molecule has 0 amide bonds. The maximum atomic E-state index is 11.3. The fraction of sp³-hybridized carbons (Fsp3) is 0.391. The Morgan fingerprint density at radius 1 is 1.25 bits per heavy atom. The van der Waals surface area contributed by atoms with Gasteiger partial charge in [-0.2, -0.15) is 7.11 Å². The minimum Gasteiger partial charge on any atom is -0.665 e. The summed E-state index contributed by atoms with van der Waals surface area (Å²) in [6, 6.07) is 15.8. The maximum absolute atomic E-state index is 11.3. The molecule has 2 aromatic carbocycles. The molecule has 2 unspecified atom stereocenters. The average molecular weight is 475 g/mol. The van der Waals surface area contributed by atoms with Crippen LogP contribution < -0.4 is 4.74 Å². The Labute approximate surface area is 197 Å². The van der Waals surface area contributed by atoms with E-state index in [2.05, 4.69) is 7.11 Å². The molecule has 0 saturated heterocycles. The van der Waals surface area contributed by atoms with E-state index in [9.17, 15) is 9.90 Å². The molecule has 0 spiro atoms. The standard InChI is InChI=1S/C23H26ClO3.Y/c1-23(2,14-25)17-9-7-16(8-10-17)22-19(20(24)13-21(22)26)12-15-5-4-6-18(11-15)27-3;/h4-11,14,19-22,26H,3,12-13H2,1-2H3;/q-1;/t19?,20-,21-,22?;/m1./s1. The Bertz CT molecular complexity index is 791. The molecule has 1 fully saturated rings. The van der Waals surface area contributed by atoms with E-state index in [0.717, 1.165) is 29.4 Å². The summed E-state index contributed by atoms with van der Waals surface area (Å²) in [4.78, 5) is 11.3. The van der Waals surface area contributed by atoms with Crippen LogP contribution in [0.25, 0.3) is 0 Å². The fourth-order valence-corrected chi connectivity index (χ4v) is 4.45. The van der Waals surface area contributed by atoms with Gasteiger partial charge in [-0.05, 0) is 61.4 Å². The van der Waals surface area contributed by atoms with Gasteiger partial charge < -0.3 is 14.6 Å². The molecule has 1 saturated carbocycles. The maximum Gasteiger partial charge on any atom is 0.129 e. The number of carbonyl (C=O) groups excluding carboxylic acids is 1. The van der Waals surface area contributed by atoms with E-state index in [-0.39, 0.29) is 49.9 Å². The second-order valence-corrected chi connectivity index (χ2v) is 8.53. The van der Waals surface area contributed by atoms with Crippen LogP contribution in [0.4, 0.5) is 0 Å². The monoisotopic (exact) mass is 474 g/mol. The van der Waals surface area contributed by atoms with Crippen LogP contribution in [0, 0.1) is 13.0 Å². The van der Waals surface area contributed by atoms with Gasteiger partial charge >= 0.3 is 0 Å². The van der Waals surface area contributed by atoms with Gasteiger partial charge in [0.2, 0.25) is 0 Å². The number of rotatable bonds is 6. The number of benzene rings is 2. The SMILES string of the molecule is [CH2-]Oc1cccc(CC2C(c3ccc(C(C)(C)C=O)cc3)[C@H](O)C[C@H]2Cl)c1.[Y]. The molecule has 0 bridgehead atoms. The Kier molecular flexibility index (Phi) is 8.28. The summed E-state index contributed by atoms with van der Waals surface area (Å²) < 4.78 is 5.07. The molecule has 4 atom stereocenters. The molecule has 0 aromatic heterocycles. The van der Waals surface area contributed by atoms with Gasteiger partial charge in [-0.25, -0.2) is 0 Å². The van der Waals surface area contributed by atoms with E-state index in [4.69, 9.17) is 16.3 Å². The molecule has 1 aliphatic rings. The minimum absolute atomic E-state index is 0. The van der Waals surface area contributed by atoms with E-state index in [1.54, 1.807) is 0 Å². The normalized spacial score (nSPS) is 24.5. The van der Waals surface area contributed by atoms with Crippen molar-refractivity contribution in [2.24, 2.45) is 5.92 Å². The molecule has 1 aliphatic carbocycles. The van der Waals surface area contributed by atoms with Crippen LogP contribution in [0.3, 0.4) is 0 Å². The van der Waals surface area contributed by atoms with Gasteiger partial charge in [0.1, 0.15) is 6.29 Å². The summed E-state index contributed by atoms with van der Waals surface area (Å²) in [5, 5.41) is 10.6. The molecular weight excluding hydrogens is 449 g/mol. The van der Waals surface area contributed by atoms with Crippen molar-refractivity contribution in [1.82, 2.24) is 0 Å². The molecule has 3 rings (SSSR count). The van der Waals surface area contributed by atoms with E-state index >= 15 is 0 Å². The van der Waals surface area contributed by atoms with Crippen LogP contribution in [-0.2, 0) is 49.3 Å². The fourth-order valence-electron chi connectivity index (χ4n) is 4.02. The molecule has 0 aliphatic heterocycles. The number of carbonyl (C=O) groups is 1. The second kappa shape index (κ2) is 9.85. The van der Waals surface area contributed by atoms with Crippen molar-refractivity contribution in [3.63, 3.8) is 0 Å². The number of aliphatic hydroxyl groups is 1. The quantitative estimate of drug-likeness (QED) is 0.377. The predicted octanol–water partition coefficient (Wildman–Crippen LogP) is 4.65. The molecule has 3 nitrogen and oxygen atoms in total. The first kappa shape index (κ1) is 23.5. The van der Waals surface area contributed by atoms with Gasteiger partial charge in [0.15, 0.2) is 0 Å². The Morgan fingerprint density at radius 2 is 1.93 bits per heavy atom. The van der Waals surface area contributed by atoms with Crippen LogP contribution in [0.2, 0.25) is 0 Å². The Hall–Kier alpha value is -0.736. The van der Waals surface area contributed by atoms with E-state index in [1.165, 1.54) is 0 Å². The Balaban J connectivity index is 0.00000280. The van der Waals surface area contributed by atoms with Crippen molar-refractivity contribution >= 4 is 17.9 Å². The van der Waals surface area contributed by atoms with E-state index < -0.39 is 11.5 Å². The van der Waals surface area contributed by atoms with Crippen molar-refractivity contribution < 1.29 is 47.3 Å². The van der Waals surface area contributed by atoms with Crippen molar-refractivity contribution in [3.05, 3.63) is 72.3 Å². The smallest absolute Gasteiger partial charge is 0.129 e. The summed E-state index contributed by atoms with van der Waals surface area (Å²) in [5.41, 5.74) is 2.62. The van der Waals surface area contributed by atoms with E-state index in [1.807, 2.05) is 62.4 Å². The van der Waals surface area contributed by atoms with Crippen molar-refractivity contribution in [1.29, 1.82) is 0 Å².